The maximum absolute atomic E-state index is 14.0. The smallest absolute Gasteiger partial charge is 0.338 e. The van der Waals surface area contributed by atoms with Crippen LogP contribution in [0.2, 0.25) is 0 Å². The first-order valence-electron chi connectivity index (χ1n) is 9.82. The molecule has 3 rings (SSSR count). The topological polar surface area (TPSA) is 67.9 Å². The number of hydrogen-bond acceptors (Lipinski definition) is 4. The number of carbonyl (C=O) groups excluding carboxylic acids is 2. The van der Waals surface area contributed by atoms with Gasteiger partial charge in [-0.2, -0.15) is 0 Å². The zero-order chi connectivity index (χ0) is 22.7. The predicted octanol–water partition coefficient (Wildman–Crippen LogP) is 4.17. The Balaban J connectivity index is 2.08. The quantitative estimate of drug-likeness (QED) is 0.699. The van der Waals surface area contributed by atoms with Gasteiger partial charge in [-0.05, 0) is 44.0 Å². The molecule has 0 aliphatic carbocycles. The lowest BCUT2D eigenvalue weighted by atomic mass is 9.90. The van der Waals surface area contributed by atoms with Gasteiger partial charge in [0.05, 0.1) is 23.9 Å². The Morgan fingerprint density at radius 3 is 2.58 bits per heavy atom. The van der Waals surface area contributed by atoms with Gasteiger partial charge >= 0.3 is 12.0 Å². The number of benzene rings is 2. The molecule has 1 heterocycles. The molecule has 164 valence electrons. The lowest BCUT2D eigenvalue weighted by molar-refractivity contribution is -0.139. The fourth-order valence-electron chi connectivity index (χ4n) is 3.42. The molecule has 6 nitrogen and oxygen atoms in total. The standard InChI is InChI=1S/C23H24F2N2O4/c1-5-30-22(28)20-18(12-31-19-9-8-15(24)11-17(19)25)27(4)23(29)26-21(20)16-10-13(2)6-7-14(16)3/h6-11,21H,5,12H2,1-4H3,(H,26,29). The number of ether oxygens (including phenoxy) is 2. The number of halogens is 2. The maximum Gasteiger partial charge on any atom is 0.338 e. The van der Waals surface area contributed by atoms with Crippen LogP contribution in [-0.2, 0) is 9.53 Å². The van der Waals surface area contributed by atoms with Crippen molar-refractivity contribution in [2.45, 2.75) is 26.8 Å². The fourth-order valence-corrected chi connectivity index (χ4v) is 3.42. The van der Waals surface area contributed by atoms with E-state index in [9.17, 15) is 18.4 Å². The third kappa shape index (κ3) is 4.68. The third-order valence-electron chi connectivity index (χ3n) is 5.08. The molecule has 1 atom stereocenters. The fraction of sp³-hybridized carbons (Fsp3) is 0.304. The molecular formula is C23H24F2N2O4. The van der Waals surface area contributed by atoms with Gasteiger partial charge in [0, 0.05) is 13.1 Å². The minimum Gasteiger partial charge on any atom is -0.484 e. The van der Waals surface area contributed by atoms with Crippen molar-refractivity contribution in [3.05, 3.63) is 76.0 Å². The second-order valence-corrected chi connectivity index (χ2v) is 7.25. The van der Waals surface area contributed by atoms with Gasteiger partial charge < -0.3 is 14.8 Å². The Hall–Kier alpha value is -3.42. The first-order chi connectivity index (χ1) is 14.7. The number of amides is 2. The molecule has 1 aliphatic heterocycles. The summed E-state index contributed by atoms with van der Waals surface area (Å²) in [7, 11) is 1.48. The van der Waals surface area contributed by atoms with E-state index in [1.54, 1.807) is 6.92 Å². The molecule has 1 unspecified atom stereocenters. The summed E-state index contributed by atoms with van der Waals surface area (Å²) in [6.07, 6.45) is 0. The molecule has 0 radical (unpaired) electrons. The van der Waals surface area contributed by atoms with E-state index in [1.165, 1.54) is 11.9 Å². The molecule has 2 amide bonds. The number of rotatable bonds is 6. The molecule has 0 saturated carbocycles. The second-order valence-electron chi connectivity index (χ2n) is 7.25. The molecule has 1 aliphatic rings. The van der Waals surface area contributed by atoms with E-state index in [0.717, 1.165) is 28.8 Å². The van der Waals surface area contributed by atoms with Gasteiger partial charge in [0.25, 0.3) is 0 Å². The van der Waals surface area contributed by atoms with Crippen LogP contribution in [0, 0.1) is 25.5 Å². The predicted molar refractivity (Wildman–Crippen MR) is 110 cm³/mol. The normalized spacial score (nSPS) is 16.3. The van der Waals surface area contributed by atoms with E-state index in [4.69, 9.17) is 9.47 Å². The number of nitrogens with one attached hydrogen (secondary N) is 1. The Kier molecular flexibility index (Phi) is 6.58. The van der Waals surface area contributed by atoms with Crippen LogP contribution in [0.3, 0.4) is 0 Å². The first-order valence-corrected chi connectivity index (χ1v) is 9.82. The highest BCUT2D eigenvalue weighted by Gasteiger charge is 2.37. The summed E-state index contributed by atoms with van der Waals surface area (Å²) in [5.41, 5.74) is 3.02. The molecular weight excluding hydrogens is 406 g/mol. The van der Waals surface area contributed by atoms with Crippen LogP contribution in [0.5, 0.6) is 5.75 Å². The van der Waals surface area contributed by atoms with Crippen molar-refractivity contribution < 1.29 is 27.8 Å². The highest BCUT2D eigenvalue weighted by atomic mass is 19.1. The average Bonchev–Trinajstić information content (AvgIpc) is 2.71. The largest absolute Gasteiger partial charge is 0.484 e. The molecule has 31 heavy (non-hydrogen) atoms. The Morgan fingerprint density at radius 1 is 1.16 bits per heavy atom. The highest BCUT2D eigenvalue weighted by molar-refractivity contribution is 5.95. The van der Waals surface area contributed by atoms with Gasteiger partial charge in [-0.3, -0.25) is 4.90 Å². The average molecular weight is 430 g/mol. The molecule has 0 saturated heterocycles. The number of hydrogen-bond donors (Lipinski definition) is 1. The Bertz CT molecular complexity index is 1050. The lowest BCUT2D eigenvalue weighted by Gasteiger charge is -2.35. The molecule has 2 aromatic carbocycles. The molecule has 1 N–H and O–H groups in total. The van der Waals surface area contributed by atoms with E-state index in [1.807, 2.05) is 32.0 Å². The number of nitrogens with zero attached hydrogens (tertiary/aromatic N) is 1. The summed E-state index contributed by atoms with van der Waals surface area (Å²) in [4.78, 5) is 26.8. The molecule has 0 spiro atoms. The number of aryl methyl sites for hydroxylation is 2. The molecule has 0 fully saturated rings. The lowest BCUT2D eigenvalue weighted by Crippen LogP contribution is -2.48. The van der Waals surface area contributed by atoms with E-state index >= 15 is 0 Å². The van der Waals surface area contributed by atoms with Crippen molar-refractivity contribution in [2.24, 2.45) is 0 Å². The minimum atomic E-state index is -0.882. The van der Waals surface area contributed by atoms with Crippen LogP contribution in [-0.4, -0.2) is 37.2 Å². The van der Waals surface area contributed by atoms with E-state index in [0.29, 0.717) is 6.07 Å². The summed E-state index contributed by atoms with van der Waals surface area (Å²) >= 11 is 0. The second kappa shape index (κ2) is 9.16. The van der Waals surface area contributed by atoms with Crippen molar-refractivity contribution in [3.63, 3.8) is 0 Å². The number of esters is 1. The first kappa shape index (κ1) is 22.3. The number of carbonyl (C=O) groups is 2. The van der Waals surface area contributed by atoms with Crippen LogP contribution < -0.4 is 10.1 Å². The van der Waals surface area contributed by atoms with Crippen molar-refractivity contribution in [2.75, 3.05) is 20.3 Å². The summed E-state index contributed by atoms with van der Waals surface area (Å²) in [6, 6.07) is 7.44. The zero-order valence-corrected chi connectivity index (χ0v) is 17.8. The van der Waals surface area contributed by atoms with Gasteiger partial charge in [-0.25, -0.2) is 18.4 Å². The van der Waals surface area contributed by atoms with Crippen LogP contribution in [0.1, 0.15) is 29.7 Å². The molecule has 0 aromatic heterocycles. The highest BCUT2D eigenvalue weighted by Crippen LogP contribution is 2.33. The minimum absolute atomic E-state index is 0.139. The van der Waals surface area contributed by atoms with Gasteiger partial charge in [0.15, 0.2) is 11.6 Å². The summed E-state index contributed by atoms with van der Waals surface area (Å²) < 4.78 is 38.0. The summed E-state index contributed by atoms with van der Waals surface area (Å²) in [5, 5.41) is 2.84. The van der Waals surface area contributed by atoms with Gasteiger partial charge in [-0.15, -0.1) is 0 Å². The van der Waals surface area contributed by atoms with E-state index in [2.05, 4.69) is 5.32 Å². The number of urea groups is 1. The Morgan fingerprint density at radius 2 is 1.90 bits per heavy atom. The monoisotopic (exact) mass is 430 g/mol. The van der Waals surface area contributed by atoms with Gasteiger partial charge in [-0.1, -0.05) is 23.8 Å². The van der Waals surface area contributed by atoms with Crippen molar-refractivity contribution in [3.8, 4) is 5.75 Å². The van der Waals surface area contributed by atoms with Crippen molar-refractivity contribution >= 4 is 12.0 Å². The summed E-state index contributed by atoms with van der Waals surface area (Å²) in [5.74, 6) is -2.43. The van der Waals surface area contributed by atoms with E-state index < -0.39 is 29.7 Å². The third-order valence-corrected chi connectivity index (χ3v) is 5.08. The van der Waals surface area contributed by atoms with E-state index in [-0.39, 0.29) is 30.2 Å². The van der Waals surface area contributed by atoms with Crippen molar-refractivity contribution in [1.29, 1.82) is 0 Å². The molecule has 2 aromatic rings. The van der Waals surface area contributed by atoms with Crippen molar-refractivity contribution in [1.82, 2.24) is 10.2 Å². The van der Waals surface area contributed by atoms with Crippen LogP contribution in [0.15, 0.2) is 47.7 Å². The van der Waals surface area contributed by atoms with Crippen LogP contribution >= 0.6 is 0 Å². The maximum atomic E-state index is 14.0. The number of likely N-dealkylation sites (N-methyl/N-ethyl adjacent to an activating group) is 1. The SMILES string of the molecule is CCOC(=O)C1=C(COc2ccc(F)cc2F)N(C)C(=O)NC1c1cc(C)ccc1C. The van der Waals surface area contributed by atoms with Crippen LogP contribution in [0.4, 0.5) is 13.6 Å². The van der Waals surface area contributed by atoms with Gasteiger partial charge in [0.1, 0.15) is 12.4 Å². The molecule has 0 bridgehead atoms. The molecule has 8 heteroatoms. The van der Waals surface area contributed by atoms with Gasteiger partial charge in [0.2, 0.25) is 0 Å². The zero-order valence-electron chi connectivity index (χ0n) is 17.8. The van der Waals surface area contributed by atoms with Crippen LogP contribution in [0.25, 0.3) is 0 Å². The Labute approximate surface area is 179 Å². The summed E-state index contributed by atoms with van der Waals surface area (Å²) in [6.45, 7) is 5.32.